The van der Waals surface area contributed by atoms with E-state index in [1.807, 2.05) is 66.4 Å². The van der Waals surface area contributed by atoms with Crippen LogP contribution in [0.15, 0.2) is 89.7 Å². The van der Waals surface area contributed by atoms with E-state index in [0.29, 0.717) is 0 Å². The SMILES string of the molecule is C=NC(=C\C=C/C)/C=C/c1ccc(Nc2cccc(-n3cc(CN(CC)CC)nn3)c2)cc1. The van der Waals surface area contributed by atoms with Crippen molar-refractivity contribution in [1.82, 2.24) is 19.9 Å². The first-order valence-electron chi connectivity index (χ1n) is 11.2. The molecular weight excluding hydrogens is 408 g/mol. The molecule has 0 spiro atoms. The number of nitrogens with one attached hydrogen (secondary N) is 1. The second-order valence-corrected chi connectivity index (χ2v) is 7.52. The first-order chi connectivity index (χ1) is 16.1. The highest BCUT2D eigenvalue weighted by Gasteiger charge is 2.07. The van der Waals surface area contributed by atoms with Gasteiger partial charge in [-0.3, -0.25) is 9.89 Å². The summed E-state index contributed by atoms with van der Waals surface area (Å²) in [6.07, 6.45) is 11.8. The van der Waals surface area contributed by atoms with Gasteiger partial charge in [-0.05, 0) is 74.8 Å². The monoisotopic (exact) mass is 440 g/mol. The largest absolute Gasteiger partial charge is 0.355 e. The van der Waals surface area contributed by atoms with Gasteiger partial charge in [0.05, 0.1) is 23.3 Å². The highest BCUT2D eigenvalue weighted by Crippen LogP contribution is 2.20. The summed E-state index contributed by atoms with van der Waals surface area (Å²) in [4.78, 5) is 6.34. The average molecular weight is 441 g/mol. The summed E-state index contributed by atoms with van der Waals surface area (Å²) in [6, 6.07) is 16.4. The van der Waals surface area contributed by atoms with Crippen molar-refractivity contribution < 1.29 is 0 Å². The molecule has 0 atom stereocenters. The molecular formula is C27H32N6. The Morgan fingerprint density at radius 3 is 2.61 bits per heavy atom. The summed E-state index contributed by atoms with van der Waals surface area (Å²) in [5.74, 6) is 0. The number of anilines is 2. The lowest BCUT2D eigenvalue weighted by molar-refractivity contribution is 0.292. The molecule has 6 heteroatoms. The third kappa shape index (κ3) is 7.12. The van der Waals surface area contributed by atoms with Gasteiger partial charge in [-0.25, -0.2) is 4.68 Å². The summed E-state index contributed by atoms with van der Waals surface area (Å²) in [5.41, 5.74) is 5.85. The van der Waals surface area contributed by atoms with E-state index < -0.39 is 0 Å². The molecule has 1 aromatic heterocycles. The van der Waals surface area contributed by atoms with Gasteiger partial charge >= 0.3 is 0 Å². The lowest BCUT2D eigenvalue weighted by Crippen LogP contribution is -2.22. The molecule has 0 saturated carbocycles. The third-order valence-corrected chi connectivity index (χ3v) is 5.22. The summed E-state index contributed by atoms with van der Waals surface area (Å²) in [7, 11) is 0. The van der Waals surface area contributed by atoms with Crippen molar-refractivity contribution in [2.45, 2.75) is 27.3 Å². The van der Waals surface area contributed by atoms with E-state index in [9.17, 15) is 0 Å². The van der Waals surface area contributed by atoms with Crippen molar-refractivity contribution >= 4 is 24.2 Å². The van der Waals surface area contributed by atoms with E-state index in [-0.39, 0.29) is 0 Å². The van der Waals surface area contributed by atoms with E-state index in [1.165, 1.54) is 0 Å². The van der Waals surface area contributed by atoms with Crippen molar-refractivity contribution in [2.24, 2.45) is 4.99 Å². The van der Waals surface area contributed by atoms with E-state index in [0.717, 1.165) is 53.7 Å². The van der Waals surface area contributed by atoms with Gasteiger partial charge in [0.1, 0.15) is 0 Å². The smallest absolute Gasteiger partial charge is 0.0971 e. The predicted octanol–water partition coefficient (Wildman–Crippen LogP) is 6.03. The minimum atomic E-state index is 0.807. The van der Waals surface area contributed by atoms with Gasteiger partial charge in [0, 0.05) is 17.9 Å². The van der Waals surface area contributed by atoms with Crippen LogP contribution in [-0.2, 0) is 6.54 Å². The Kier molecular flexibility index (Phi) is 8.91. The van der Waals surface area contributed by atoms with Crippen molar-refractivity contribution in [1.29, 1.82) is 0 Å². The zero-order valence-corrected chi connectivity index (χ0v) is 19.6. The zero-order valence-electron chi connectivity index (χ0n) is 19.6. The fraction of sp³-hybridized carbons (Fsp3) is 0.222. The van der Waals surface area contributed by atoms with Crippen LogP contribution >= 0.6 is 0 Å². The predicted molar refractivity (Wildman–Crippen MR) is 139 cm³/mol. The summed E-state index contributed by atoms with van der Waals surface area (Å²) >= 11 is 0. The Morgan fingerprint density at radius 1 is 1.12 bits per heavy atom. The van der Waals surface area contributed by atoms with Gasteiger partial charge in [-0.2, -0.15) is 0 Å². The van der Waals surface area contributed by atoms with Crippen molar-refractivity contribution in [3.05, 3.63) is 96.0 Å². The zero-order chi connectivity index (χ0) is 23.5. The molecule has 0 amide bonds. The normalized spacial score (nSPS) is 12.2. The van der Waals surface area contributed by atoms with E-state index in [4.69, 9.17) is 0 Å². The maximum atomic E-state index is 4.33. The van der Waals surface area contributed by atoms with Crippen molar-refractivity contribution in [2.75, 3.05) is 18.4 Å². The van der Waals surface area contributed by atoms with Crippen LogP contribution in [0.3, 0.4) is 0 Å². The second-order valence-electron chi connectivity index (χ2n) is 7.52. The van der Waals surface area contributed by atoms with Gasteiger partial charge in [0.15, 0.2) is 0 Å². The Morgan fingerprint density at radius 2 is 1.91 bits per heavy atom. The summed E-state index contributed by atoms with van der Waals surface area (Å²) in [5, 5.41) is 12.1. The molecule has 2 aromatic carbocycles. The lowest BCUT2D eigenvalue weighted by atomic mass is 10.1. The van der Waals surface area contributed by atoms with E-state index in [2.05, 4.69) is 76.4 Å². The minimum absolute atomic E-state index is 0.807. The summed E-state index contributed by atoms with van der Waals surface area (Å²) in [6.45, 7) is 12.7. The van der Waals surface area contributed by atoms with Crippen LogP contribution in [0.4, 0.5) is 11.4 Å². The average Bonchev–Trinajstić information content (AvgIpc) is 3.32. The molecule has 0 unspecified atom stereocenters. The first-order valence-corrected chi connectivity index (χ1v) is 11.2. The van der Waals surface area contributed by atoms with Crippen molar-refractivity contribution in [3.63, 3.8) is 0 Å². The van der Waals surface area contributed by atoms with Gasteiger partial charge in [0.25, 0.3) is 0 Å². The number of hydrogen-bond donors (Lipinski definition) is 1. The first kappa shape index (κ1) is 23.9. The number of aliphatic imine (C=N–C) groups is 1. The number of allylic oxidation sites excluding steroid dienone is 4. The highest BCUT2D eigenvalue weighted by molar-refractivity contribution is 5.64. The molecule has 0 fully saturated rings. The van der Waals surface area contributed by atoms with Crippen LogP contribution in [0.5, 0.6) is 0 Å². The maximum Gasteiger partial charge on any atom is 0.0971 e. The Labute approximate surface area is 196 Å². The van der Waals surface area contributed by atoms with Crippen LogP contribution in [0, 0.1) is 0 Å². The Hall–Kier alpha value is -3.77. The number of nitrogens with zero attached hydrogens (tertiary/aromatic N) is 5. The van der Waals surface area contributed by atoms with Crippen LogP contribution in [0.25, 0.3) is 11.8 Å². The lowest BCUT2D eigenvalue weighted by Gasteiger charge is -2.15. The quantitative estimate of drug-likeness (QED) is 0.292. The van der Waals surface area contributed by atoms with Crippen molar-refractivity contribution in [3.8, 4) is 5.69 Å². The molecule has 0 aliphatic heterocycles. The van der Waals surface area contributed by atoms with Crippen LogP contribution in [0.1, 0.15) is 32.0 Å². The van der Waals surface area contributed by atoms with Crippen LogP contribution in [0.2, 0.25) is 0 Å². The minimum Gasteiger partial charge on any atom is -0.355 e. The third-order valence-electron chi connectivity index (χ3n) is 5.22. The molecule has 0 aliphatic rings. The molecule has 1 heterocycles. The molecule has 33 heavy (non-hydrogen) atoms. The fourth-order valence-electron chi connectivity index (χ4n) is 3.28. The van der Waals surface area contributed by atoms with Gasteiger partial charge < -0.3 is 5.32 Å². The topological polar surface area (TPSA) is 58.3 Å². The second kappa shape index (κ2) is 12.3. The molecule has 0 bridgehead atoms. The maximum absolute atomic E-state index is 4.33. The molecule has 3 aromatic rings. The summed E-state index contributed by atoms with van der Waals surface area (Å²) < 4.78 is 1.82. The highest BCUT2D eigenvalue weighted by atomic mass is 15.4. The number of aromatic nitrogens is 3. The van der Waals surface area contributed by atoms with Crippen LogP contribution in [-0.4, -0.2) is 39.7 Å². The molecule has 6 nitrogen and oxygen atoms in total. The standard InChI is InChI=1S/C27H32N6/c1-5-8-10-23(28-4)16-13-22-14-17-24(18-15-22)29-25-11-9-12-27(19-25)33-21-26(30-31-33)20-32(6-2)7-3/h5,8-19,21,29H,4,6-7,20H2,1-3H3/b8-5-,16-13+,23-10-. The molecule has 0 aliphatic carbocycles. The fourth-order valence-corrected chi connectivity index (χ4v) is 3.28. The number of hydrogen-bond acceptors (Lipinski definition) is 5. The molecule has 0 saturated heterocycles. The molecule has 3 rings (SSSR count). The van der Waals surface area contributed by atoms with Crippen LogP contribution < -0.4 is 5.32 Å². The number of rotatable bonds is 11. The van der Waals surface area contributed by atoms with E-state index >= 15 is 0 Å². The van der Waals surface area contributed by atoms with Gasteiger partial charge in [-0.1, -0.05) is 55.5 Å². The molecule has 170 valence electrons. The molecule has 1 N–H and O–H groups in total. The molecule has 0 radical (unpaired) electrons. The Balaban J connectivity index is 1.67. The van der Waals surface area contributed by atoms with Gasteiger partial charge in [0.2, 0.25) is 0 Å². The van der Waals surface area contributed by atoms with E-state index in [1.54, 1.807) is 0 Å². The Bertz CT molecular complexity index is 1120. The van der Waals surface area contributed by atoms with Gasteiger partial charge in [-0.15, -0.1) is 5.10 Å². The number of benzene rings is 2.